The molecule has 2 heterocycles. The highest BCUT2D eigenvalue weighted by Crippen LogP contribution is 2.27. The van der Waals surface area contributed by atoms with E-state index in [9.17, 15) is 4.79 Å². The van der Waals surface area contributed by atoms with Crippen LogP contribution in [0.4, 0.5) is 5.95 Å². The largest absolute Gasteiger partial charge is 0.494 e. The molecule has 7 nitrogen and oxygen atoms in total. The van der Waals surface area contributed by atoms with E-state index in [0.29, 0.717) is 41.3 Å². The molecule has 0 aliphatic heterocycles. The third-order valence-electron chi connectivity index (χ3n) is 5.74. The van der Waals surface area contributed by atoms with Crippen molar-refractivity contribution in [3.8, 4) is 5.75 Å². The SMILES string of the molecule is COc1cccc2c(C(=O)CCc3cccc(COCC4CCCC4)n3)nc(N)nc12. The summed E-state index contributed by atoms with van der Waals surface area (Å²) in [5.41, 5.74) is 8.46. The molecule has 1 saturated carbocycles. The van der Waals surface area contributed by atoms with E-state index in [1.165, 1.54) is 25.7 Å². The number of nitrogens with zero attached hydrogens (tertiary/aromatic N) is 3. The Morgan fingerprint density at radius 2 is 1.84 bits per heavy atom. The zero-order valence-electron chi connectivity index (χ0n) is 17.8. The van der Waals surface area contributed by atoms with Gasteiger partial charge in [-0.25, -0.2) is 9.97 Å². The molecule has 3 aromatic rings. The van der Waals surface area contributed by atoms with Gasteiger partial charge in [0, 0.05) is 24.1 Å². The van der Waals surface area contributed by atoms with Gasteiger partial charge in [0.2, 0.25) is 5.95 Å². The van der Waals surface area contributed by atoms with Crippen LogP contribution in [0.25, 0.3) is 10.9 Å². The normalized spacial score (nSPS) is 14.2. The molecule has 0 unspecified atom stereocenters. The number of aromatic nitrogens is 3. The second kappa shape index (κ2) is 9.83. The van der Waals surface area contributed by atoms with Gasteiger partial charge in [0.05, 0.1) is 19.4 Å². The van der Waals surface area contributed by atoms with Gasteiger partial charge in [-0.2, -0.15) is 0 Å². The van der Waals surface area contributed by atoms with Crippen LogP contribution >= 0.6 is 0 Å². The highest BCUT2D eigenvalue weighted by molar-refractivity contribution is 6.07. The molecule has 0 atom stereocenters. The number of benzene rings is 1. The standard InChI is InChI=1S/C24H28N4O3/c1-30-21-11-5-10-19-22(27-24(25)28-23(19)21)20(29)13-12-17-8-4-9-18(26-17)15-31-14-16-6-2-3-7-16/h4-5,8-11,16H,2-3,6-7,12-15H2,1H3,(H2,25,27,28). The molecule has 0 amide bonds. The summed E-state index contributed by atoms with van der Waals surface area (Å²) in [4.78, 5) is 26.0. The van der Waals surface area contributed by atoms with Crippen LogP contribution in [0.15, 0.2) is 36.4 Å². The fourth-order valence-corrected chi connectivity index (χ4v) is 4.14. The van der Waals surface area contributed by atoms with Crippen molar-refractivity contribution in [2.75, 3.05) is 19.5 Å². The summed E-state index contributed by atoms with van der Waals surface area (Å²) in [6.45, 7) is 1.31. The van der Waals surface area contributed by atoms with E-state index in [-0.39, 0.29) is 18.2 Å². The third kappa shape index (κ3) is 5.17. The number of ether oxygens (including phenoxy) is 2. The number of carbonyl (C=O) groups excluding carboxylic acids is 1. The van der Waals surface area contributed by atoms with Crippen LogP contribution < -0.4 is 10.5 Å². The second-order valence-corrected chi connectivity index (χ2v) is 8.00. The lowest BCUT2D eigenvalue weighted by molar-refractivity contribution is 0.0866. The minimum Gasteiger partial charge on any atom is -0.494 e. The smallest absolute Gasteiger partial charge is 0.221 e. The van der Waals surface area contributed by atoms with Crippen LogP contribution in [0.5, 0.6) is 5.75 Å². The summed E-state index contributed by atoms with van der Waals surface area (Å²) in [6, 6.07) is 11.3. The zero-order valence-corrected chi connectivity index (χ0v) is 17.8. The average Bonchev–Trinajstić information content (AvgIpc) is 3.30. The van der Waals surface area contributed by atoms with E-state index in [2.05, 4.69) is 15.0 Å². The summed E-state index contributed by atoms with van der Waals surface area (Å²) in [5.74, 6) is 1.21. The minimum atomic E-state index is -0.1000. The Labute approximate surface area is 182 Å². The number of hydrogen-bond acceptors (Lipinski definition) is 7. The molecule has 1 aliphatic rings. The number of hydrogen-bond donors (Lipinski definition) is 1. The number of pyridine rings is 1. The number of nitrogen functional groups attached to an aromatic ring is 1. The van der Waals surface area contributed by atoms with Crippen molar-refractivity contribution in [3.05, 3.63) is 53.5 Å². The van der Waals surface area contributed by atoms with Crippen LogP contribution in [0.2, 0.25) is 0 Å². The fraction of sp³-hybridized carbons (Fsp3) is 0.417. The average molecular weight is 421 g/mol. The molecule has 0 radical (unpaired) electrons. The first kappa shape index (κ1) is 21.2. The molecular formula is C24H28N4O3. The molecule has 0 saturated heterocycles. The molecule has 4 rings (SSSR count). The molecule has 2 aromatic heterocycles. The number of methoxy groups -OCH3 is 1. The lowest BCUT2D eigenvalue weighted by Crippen LogP contribution is -2.10. The lowest BCUT2D eigenvalue weighted by atomic mass is 10.1. The molecule has 7 heteroatoms. The molecule has 0 spiro atoms. The number of para-hydroxylation sites is 1. The van der Waals surface area contributed by atoms with Crippen LogP contribution in [0, 0.1) is 5.92 Å². The monoisotopic (exact) mass is 420 g/mol. The number of fused-ring (bicyclic) bond motifs is 1. The van der Waals surface area contributed by atoms with Crippen LogP contribution in [-0.2, 0) is 17.8 Å². The fourth-order valence-electron chi connectivity index (χ4n) is 4.14. The van der Waals surface area contributed by atoms with Crippen molar-refractivity contribution in [2.45, 2.75) is 45.1 Å². The molecule has 31 heavy (non-hydrogen) atoms. The quantitative estimate of drug-likeness (QED) is 0.519. The number of nitrogens with two attached hydrogens (primary N) is 1. The second-order valence-electron chi connectivity index (χ2n) is 8.00. The van der Waals surface area contributed by atoms with Gasteiger partial charge in [0.15, 0.2) is 5.78 Å². The lowest BCUT2D eigenvalue weighted by Gasteiger charge is -2.10. The summed E-state index contributed by atoms with van der Waals surface area (Å²) in [7, 11) is 1.56. The van der Waals surface area contributed by atoms with Gasteiger partial charge in [-0.1, -0.05) is 31.0 Å². The van der Waals surface area contributed by atoms with Crippen molar-refractivity contribution < 1.29 is 14.3 Å². The predicted octanol–water partition coefficient (Wildman–Crippen LogP) is 4.14. The van der Waals surface area contributed by atoms with E-state index in [1.807, 2.05) is 30.3 Å². The van der Waals surface area contributed by atoms with Crippen LogP contribution in [-0.4, -0.2) is 34.5 Å². The van der Waals surface area contributed by atoms with Crippen molar-refractivity contribution in [3.63, 3.8) is 0 Å². The zero-order chi connectivity index (χ0) is 21.6. The number of aryl methyl sites for hydroxylation is 1. The van der Waals surface area contributed by atoms with Crippen molar-refractivity contribution >= 4 is 22.6 Å². The third-order valence-corrected chi connectivity index (χ3v) is 5.74. The highest BCUT2D eigenvalue weighted by Gasteiger charge is 2.17. The number of anilines is 1. The number of carbonyl (C=O) groups is 1. The maximum absolute atomic E-state index is 12.9. The molecule has 2 N–H and O–H groups in total. The number of ketones is 1. The summed E-state index contributed by atoms with van der Waals surface area (Å²) in [5, 5.41) is 0.639. The van der Waals surface area contributed by atoms with Crippen LogP contribution in [0.3, 0.4) is 0 Å². The molecule has 1 aromatic carbocycles. The first-order valence-electron chi connectivity index (χ1n) is 10.8. The van der Waals surface area contributed by atoms with E-state index < -0.39 is 0 Å². The van der Waals surface area contributed by atoms with Gasteiger partial charge in [0.25, 0.3) is 0 Å². The summed E-state index contributed by atoms with van der Waals surface area (Å²) in [6.07, 6.45) is 5.96. The first-order valence-corrected chi connectivity index (χ1v) is 10.8. The van der Waals surface area contributed by atoms with Crippen molar-refractivity contribution in [1.82, 2.24) is 15.0 Å². The van der Waals surface area contributed by atoms with Gasteiger partial charge >= 0.3 is 0 Å². The van der Waals surface area contributed by atoms with Gasteiger partial charge < -0.3 is 15.2 Å². The number of rotatable bonds is 9. The van der Waals surface area contributed by atoms with Crippen LogP contribution in [0.1, 0.15) is 54.0 Å². The maximum atomic E-state index is 12.9. The Bertz CT molecular complexity index is 1060. The Kier molecular flexibility index (Phi) is 6.72. The van der Waals surface area contributed by atoms with E-state index in [1.54, 1.807) is 13.2 Å². The van der Waals surface area contributed by atoms with Gasteiger partial charge in [0.1, 0.15) is 17.0 Å². The van der Waals surface area contributed by atoms with Gasteiger partial charge in [-0.3, -0.25) is 9.78 Å². The molecule has 1 fully saturated rings. The van der Waals surface area contributed by atoms with E-state index >= 15 is 0 Å². The Morgan fingerprint density at radius 1 is 1.06 bits per heavy atom. The Hall–Kier alpha value is -3.06. The summed E-state index contributed by atoms with van der Waals surface area (Å²) < 4.78 is 11.2. The van der Waals surface area contributed by atoms with Gasteiger partial charge in [-0.05, 0) is 43.4 Å². The molecule has 0 bridgehead atoms. The minimum absolute atomic E-state index is 0.0554. The molecule has 1 aliphatic carbocycles. The predicted molar refractivity (Wildman–Crippen MR) is 119 cm³/mol. The maximum Gasteiger partial charge on any atom is 0.221 e. The van der Waals surface area contributed by atoms with Crippen molar-refractivity contribution in [1.29, 1.82) is 0 Å². The molecular weight excluding hydrogens is 392 g/mol. The first-order chi connectivity index (χ1) is 15.1. The van der Waals surface area contributed by atoms with Crippen molar-refractivity contribution in [2.24, 2.45) is 5.92 Å². The van der Waals surface area contributed by atoms with E-state index in [0.717, 1.165) is 18.0 Å². The topological polar surface area (TPSA) is 100 Å². The molecule has 162 valence electrons. The van der Waals surface area contributed by atoms with Gasteiger partial charge in [-0.15, -0.1) is 0 Å². The highest BCUT2D eigenvalue weighted by atomic mass is 16.5. The number of Topliss-reactive ketones (excluding diaryl/α,β-unsaturated/α-hetero) is 1. The summed E-state index contributed by atoms with van der Waals surface area (Å²) >= 11 is 0. The van der Waals surface area contributed by atoms with E-state index in [4.69, 9.17) is 15.2 Å². The Balaban J connectivity index is 1.41. The Morgan fingerprint density at radius 3 is 2.65 bits per heavy atom.